The van der Waals surface area contributed by atoms with Crippen LogP contribution in [0.5, 0.6) is 5.75 Å². The summed E-state index contributed by atoms with van der Waals surface area (Å²) < 4.78 is 23.3. The molecule has 0 aliphatic carbocycles. The zero-order valence-corrected chi connectivity index (χ0v) is 21.6. The van der Waals surface area contributed by atoms with Crippen molar-refractivity contribution in [3.63, 3.8) is 0 Å². The van der Waals surface area contributed by atoms with Crippen molar-refractivity contribution in [3.05, 3.63) is 23.8 Å². The van der Waals surface area contributed by atoms with Crippen molar-refractivity contribution < 1.29 is 23.6 Å². The fraction of sp³-hybridized carbons (Fsp3) is 0.720. The molecule has 1 fully saturated rings. The lowest BCUT2D eigenvalue weighted by atomic mass is 9.59. The van der Waals surface area contributed by atoms with Gasteiger partial charge in [0.1, 0.15) is 5.75 Å². The molecule has 5 nitrogen and oxygen atoms in total. The molecule has 1 aromatic rings. The van der Waals surface area contributed by atoms with Crippen LogP contribution >= 0.6 is 0 Å². The van der Waals surface area contributed by atoms with Crippen LogP contribution in [0.15, 0.2) is 18.2 Å². The fourth-order valence-electron chi connectivity index (χ4n) is 4.27. The molecule has 0 atom stereocenters. The Morgan fingerprint density at radius 1 is 0.968 bits per heavy atom. The lowest BCUT2D eigenvalue weighted by molar-refractivity contribution is -0.158. The Labute approximate surface area is 189 Å². The second kappa shape index (κ2) is 8.11. The van der Waals surface area contributed by atoms with E-state index in [1.165, 1.54) is 7.11 Å². The minimum Gasteiger partial charge on any atom is -0.497 e. The average Bonchev–Trinajstić information content (AvgIpc) is 2.86. The van der Waals surface area contributed by atoms with Gasteiger partial charge in [-0.1, -0.05) is 39.8 Å². The van der Waals surface area contributed by atoms with E-state index in [0.29, 0.717) is 0 Å². The Bertz CT molecular complexity index is 807. The largest absolute Gasteiger partial charge is 0.498 e. The maximum atomic E-state index is 12.5. The first-order chi connectivity index (χ1) is 13.9. The first-order valence-electron chi connectivity index (χ1n) is 11.0. The number of benzene rings is 1. The fourth-order valence-corrected chi connectivity index (χ4v) is 4.27. The molecule has 1 saturated heterocycles. The highest BCUT2D eigenvalue weighted by molar-refractivity contribution is 6.63. The summed E-state index contributed by atoms with van der Waals surface area (Å²) in [4.78, 5) is 12.5. The standard InChI is InChI=1S/C25H41BO5/c1-21(2,16-22(3,4)23(5,6)20(27)29-12)17-13-14-19(28-11)18(15-17)26-30-24(7,8)25(9,10)31-26/h13-15H,16H2,1-12H3. The summed E-state index contributed by atoms with van der Waals surface area (Å²) in [5.41, 5.74) is 0.0399. The third-order valence-corrected chi connectivity index (χ3v) is 7.79. The number of hydrogen-bond donors (Lipinski definition) is 0. The SMILES string of the molecule is COC(=O)C(C)(C)C(C)(C)CC(C)(C)c1ccc(OC)c(B2OC(C)(C)C(C)(C)O2)c1. The highest BCUT2D eigenvalue weighted by Gasteiger charge is 2.53. The van der Waals surface area contributed by atoms with Gasteiger partial charge in [-0.15, -0.1) is 0 Å². The molecule has 0 N–H and O–H groups in total. The van der Waals surface area contributed by atoms with Crippen molar-refractivity contribution in [2.24, 2.45) is 10.8 Å². The first kappa shape index (κ1) is 25.7. The van der Waals surface area contributed by atoms with Crippen LogP contribution in [0.4, 0.5) is 0 Å². The maximum absolute atomic E-state index is 12.5. The highest BCUT2D eigenvalue weighted by Crippen LogP contribution is 2.48. The van der Waals surface area contributed by atoms with Crippen molar-refractivity contribution in [1.82, 2.24) is 0 Å². The van der Waals surface area contributed by atoms with Crippen LogP contribution in [0.25, 0.3) is 0 Å². The number of methoxy groups -OCH3 is 2. The number of esters is 1. The van der Waals surface area contributed by atoms with Crippen LogP contribution in [-0.4, -0.2) is 38.5 Å². The molecule has 0 bridgehead atoms. The molecule has 1 aliphatic heterocycles. The molecule has 1 heterocycles. The van der Waals surface area contributed by atoms with Gasteiger partial charge in [-0.25, -0.2) is 0 Å². The zero-order valence-electron chi connectivity index (χ0n) is 21.6. The normalized spacial score (nSPS) is 18.8. The Balaban J connectivity index is 2.43. The molecule has 1 aromatic carbocycles. The summed E-state index contributed by atoms with van der Waals surface area (Å²) in [6, 6.07) is 6.20. The number of carbonyl (C=O) groups excluding carboxylic acids is 1. The second-order valence-corrected chi connectivity index (χ2v) is 11.6. The summed E-state index contributed by atoms with van der Waals surface area (Å²) in [5, 5.41) is 0. The molecule has 0 spiro atoms. The van der Waals surface area contributed by atoms with E-state index < -0.39 is 23.7 Å². The molecule has 2 rings (SSSR count). The van der Waals surface area contributed by atoms with Gasteiger partial charge >= 0.3 is 13.1 Å². The molecule has 0 aromatic heterocycles. The minimum absolute atomic E-state index is 0.194. The molecule has 1 aliphatic rings. The minimum atomic E-state index is -0.625. The Morgan fingerprint density at radius 2 is 1.48 bits per heavy atom. The summed E-state index contributed by atoms with van der Waals surface area (Å²) in [5.74, 6) is 0.549. The summed E-state index contributed by atoms with van der Waals surface area (Å²) in [7, 11) is 2.61. The van der Waals surface area contributed by atoms with Gasteiger partial charge in [0, 0.05) is 5.46 Å². The first-order valence-corrected chi connectivity index (χ1v) is 11.0. The van der Waals surface area contributed by atoms with Gasteiger partial charge < -0.3 is 18.8 Å². The molecule has 0 amide bonds. The van der Waals surface area contributed by atoms with Gasteiger partial charge in [0.2, 0.25) is 0 Å². The lowest BCUT2D eigenvalue weighted by Gasteiger charge is -2.44. The van der Waals surface area contributed by atoms with Gasteiger partial charge in [-0.2, -0.15) is 0 Å². The van der Waals surface area contributed by atoms with Gasteiger partial charge in [-0.3, -0.25) is 4.79 Å². The van der Waals surface area contributed by atoms with E-state index in [0.717, 1.165) is 23.2 Å². The van der Waals surface area contributed by atoms with Crippen LogP contribution in [0.1, 0.15) is 81.2 Å². The van der Waals surface area contributed by atoms with Crippen LogP contribution in [0.2, 0.25) is 0 Å². The monoisotopic (exact) mass is 432 g/mol. The Kier molecular flexibility index (Phi) is 6.73. The van der Waals surface area contributed by atoms with Gasteiger partial charge in [0.15, 0.2) is 0 Å². The average molecular weight is 432 g/mol. The van der Waals surface area contributed by atoms with E-state index in [1.807, 2.05) is 47.6 Å². The number of carbonyl (C=O) groups is 1. The molecule has 0 radical (unpaired) electrons. The zero-order chi connectivity index (χ0) is 24.0. The van der Waals surface area contributed by atoms with Crippen LogP contribution < -0.4 is 10.2 Å². The molecule has 174 valence electrons. The summed E-state index contributed by atoms with van der Waals surface area (Å²) >= 11 is 0. The van der Waals surface area contributed by atoms with E-state index >= 15 is 0 Å². The molecular formula is C25H41BO5. The van der Waals surface area contributed by atoms with Crippen molar-refractivity contribution in [1.29, 1.82) is 0 Å². The summed E-state index contributed by atoms with van der Waals surface area (Å²) in [6.07, 6.45) is 0.789. The number of hydrogen-bond acceptors (Lipinski definition) is 5. The van der Waals surface area contributed by atoms with E-state index in [9.17, 15) is 4.79 Å². The van der Waals surface area contributed by atoms with Crippen molar-refractivity contribution in [2.45, 2.75) is 92.3 Å². The maximum Gasteiger partial charge on any atom is 0.498 e. The third-order valence-electron chi connectivity index (χ3n) is 7.79. The molecular weight excluding hydrogens is 391 g/mol. The van der Waals surface area contributed by atoms with Crippen molar-refractivity contribution in [3.8, 4) is 5.75 Å². The third kappa shape index (κ3) is 4.66. The molecule has 0 saturated carbocycles. The number of ether oxygens (including phenoxy) is 2. The van der Waals surface area contributed by atoms with E-state index in [2.05, 4.69) is 39.8 Å². The predicted octanol–water partition coefficient (Wildman–Crippen LogP) is 4.89. The Morgan fingerprint density at radius 3 is 1.94 bits per heavy atom. The molecule has 0 unspecified atom stereocenters. The molecule has 31 heavy (non-hydrogen) atoms. The Hall–Kier alpha value is -1.53. The van der Waals surface area contributed by atoms with Crippen molar-refractivity contribution in [2.75, 3.05) is 14.2 Å². The number of rotatable bonds is 7. The van der Waals surface area contributed by atoms with E-state index in [1.54, 1.807) is 7.11 Å². The highest BCUT2D eigenvalue weighted by atomic mass is 16.7. The quantitative estimate of drug-likeness (QED) is 0.454. The van der Waals surface area contributed by atoms with Gasteiger partial charge in [0.25, 0.3) is 0 Å². The molecule has 6 heteroatoms. The lowest BCUT2D eigenvalue weighted by Crippen LogP contribution is -2.44. The van der Waals surface area contributed by atoms with Crippen LogP contribution in [-0.2, 0) is 24.3 Å². The van der Waals surface area contributed by atoms with E-state index in [4.69, 9.17) is 18.8 Å². The predicted molar refractivity (Wildman–Crippen MR) is 126 cm³/mol. The second-order valence-electron chi connectivity index (χ2n) is 11.6. The van der Waals surface area contributed by atoms with Crippen molar-refractivity contribution >= 4 is 18.6 Å². The summed E-state index contributed by atoms with van der Waals surface area (Å²) in [6.45, 7) is 20.8. The topological polar surface area (TPSA) is 54.0 Å². The van der Waals surface area contributed by atoms with Gasteiger partial charge in [0.05, 0.1) is 30.8 Å². The van der Waals surface area contributed by atoms with E-state index in [-0.39, 0.29) is 16.8 Å². The van der Waals surface area contributed by atoms with Crippen LogP contribution in [0, 0.1) is 10.8 Å². The van der Waals surface area contributed by atoms with Crippen LogP contribution in [0.3, 0.4) is 0 Å². The smallest absolute Gasteiger partial charge is 0.497 e. The van der Waals surface area contributed by atoms with Gasteiger partial charge in [-0.05, 0) is 70.4 Å².